The molecule has 0 radical (unpaired) electrons. The van der Waals surface area contributed by atoms with Crippen molar-refractivity contribution in [2.45, 2.75) is 12.5 Å². The van der Waals surface area contributed by atoms with Gasteiger partial charge in [0.1, 0.15) is 0 Å². The molecule has 1 aromatic carbocycles. The maximum absolute atomic E-state index is 12.1. The Bertz CT molecular complexity index is 644. The van der Waals surface area contributed by atoms with Gasteiger partial charge in [-0.15, -0.1) is 0 Å². The Kier molecular flexibility index (Phi) is 4.03. The lowest BCUT2D eigenvalue weighted by atomic mass is 10.1. The summed E-state index contributed by atoms with van der Waals surface area (Å²) in [6.07, 6.45) is 0. The number of nitrogens with zero attached hydrogens (tertiary/aromatic N) is 3. The molecule has 2 heterocycles. The predicted octanol–water partition coefficient (Wildman–Crippen LogP) is 0.688. The molecule has 0 aliphatic carbocycles. The molecule has 1 amide bonds. The highest BCUT2D eigenvalue weighted by molar-refractivity contribution is 7.22. The van der Waals surface area contributed by atoms with Gasteiger partial charge in [-0.3, -0.25) is 4.79 Å². The molecule has 3 rings (SSSR count). The van der Waals surface area contributed by atoms with Crippen LogP contribution in [-0.4, -0.2) is 64.4 Å². The van der Waals surface area contributed by atoms with Gasteiger partial charge in [0.25, 0.3) is 5.91 Å². The predicted molar refractivity (Wildman–Crippen MR) is 86.1 cm³/mol. The lowest BCUT2D eigenvalue weighted by molar-refractivity contribution is -0.153. The first-order chi connectivity index (χ1) is 10.5. The van der Waals surface area contributed by atoms with E-state index in [9.17, 15) is 9.90 Å². The molecule has 1 aromatic heterocycles. The van der Waals surface area contributed by atoms with E-state index in [1.54, 1.807) is 16.2 Å². The smallest absolute Gasteiger partial charge is 0.256 e. The maximum atomic E-state index is 12.1. The van der Waals surface area contributed by atoms with Gasteiger partial charge in [0.05, 0.1) is 16.8 Å². The number of rotatable bonds is 3. The van der Waals surface area contributed by atoms with E-state index in [-0.39, 0.29) is 0 Å². The highest BCUT2D eigenvalue weighted by atomic mass is 32.1. The van der Waals surface area contributed by atoms with Crippen molar-refractivity contribution in [1.82, 2.24) is 9.88 Å². The molecule has 22 heavy (non-hydrogen) atoms. The summed E-state index contributed by atoms with van der Waals surface area (Å²) in [6.45, 7) is 3.16. The Labute approximate surface area is 132 Å². The number of aromatic nitrogens is 1. The number of thiazole rings is 1. The minimum Gasteiger partial charge on any atom is -0.393 e. The van der Waals surface area contributed by atoms with Crippen LogP contribution in [0.1, 0.15) is 6.92 Å². The molecule has 6 nitrogen and oxygen atoms in total. The second-order valence-electron chi connectivity index (χ2n) is 5.68. The monoisotopic (exact) mass is 321 g/mol. The van der Waals surface area contributed by atoms with Crippen molar-refractivity contribution in [3.05, 3.63) is 24.3 Å². The molecule has 7 heteroatoms. The fourth-order valence-corrected chi connectivity index (χ4v) is 3.52. The topological polar surface area (TPSA) is 76.9 Å². The van der Waals surface area contributed by atoms with E-state index < -0.39 is 18.1 Å². The number of hydrogen-bond donors (Lipinski definition) is 2. The summed E-state index contributed by atoms with van der Waals surface area (Å²) < 4.78 is 1.15. The number of hydrogen-bond acceptors (Lipinski definition) is 6. The number of benzene rings is 1. The van der Waals surface area contributed by atoms with Crippen molar-refractivity contribution >= 4 is 32.6 Å². The van der Waals surface area contributed by atoms with E-state index in [4.69, 9.17) is 5.11 Å². The number of amides is 1. The molecule has 1 saturated heterocycles. The quantitative estimate of drug-likeness (QED) is 0.870. The van der Waals surface area contributed by atoms with E-state index in [0.29, 0.717) is 26.2 Å². The number of anilines is 1. The number of carbonyl (C=O) groups excluding carboxylic acids is 1. The number of para-hydroxylation sites is 1. The second kappa shape index (κ2) is 5.83. The van der Waals surface area contributed by atoms with Crippen molar-refractivity contribution < 1.29 is 15.0 Å². The first-order valence-electron chi connectivity index (χ1n) is 7.24. The van der Waals surface area contributed by atoms with E-state index in [0.717, 1.165) is 15.3 Å². The highest BCUT2D eigenvalue weighted by Crippen LogP contribution is 2.29. The zero-order valence-electron chi connectivity index (χ0n) is 12.4. The van der Waals surface area contributed by atoms with Crippen LogP contribution >= 0.6 is 11.3 Å². The summed E-state index contributed by atoms with van der Waals surface area (Å²) >= 11 is 1.65. The van der Waals surface area contributed by atoms with Crippen LogP contribution < -0.4 is 4.90 Å². The van der Waals surface area contributed by atoms with Gasteiger partial charge < -0.3 is 20.0 Å². The van der Waals surface area contributed by atoms with Crippen molar-refractivity contribution in [3.63, 3.8) is 0 Å². The number of aliphatic hydroxyl groups is 2. The lowest BCUT2D eigenvalue weighted by Crippen LogP contribution is -2.56. The summed E-state index contributed by atoms with van der Waals surface area (Å²) in [6, 6.07) is 8.01. The number of carbonyl (C=O) groups is 1. The average molecular weight is 321 g/mol. The molecule has 118 valence electrons. The van der Waals surface area contributed by atoms with Crippen LogP contribution in [-0.2, 0) is 4.79 Å². The molecule has 0 bridgehead atoms. The number of piperazine rings is 1. The first kappa shape index (κ1) is 15.2. The molecule has 1 fully saturated rings. The number of fused-ring (bicyclic) bond motifs is 1. The van der Waals surface area contributed by atoms with Gasteiger partial charge in [-0.05, 0) is 19.1 Å². The minimum absolute atomic E-state index is 0.418. The third kappa shape index (κ3) is 2.79. The molecule has 1 aliphatic heterocycles. The fourth-order valence-electron chi connectivity index (χ4n) is 2.50. The van der Waals surface area contributed by atoms with E-state index in [2.05, 4.69) is 16.0 Å². The molecule has 1 aliphatic rings. The third-order valence-corrected chi connectivity index (χ3v) is 4.99. The normalized spacial score (nSPS) is 18.5. The van der Waals surface area contributed by atoms with Gasteiger partial charge in [0, 0.05) is 26.2 Å². The molecule has 1 unspecified atom stereocenters. The Morgan fingerprint density at radius 3 is 2.64 bits per heavy atom. The summed E-state index contributed by atoms with van der Waals surface area (Å²) in [5.74, 6) is -0.418. The van der Waals surface area contributed by atoms with Gasteiger partial charge >= 0.3 is 0 Å². The summed E-state index contributed by atoms with van der Waals surface area (Å²) in [7, 11) is 0. The van der Waals surface area contributed by atoms with Gasteiger partial charge in [0.2, 0.25) is 0 Å². The first-order valence-corrected chi connectivity index (χ1v) is 8.06. The SMILES string of the molecule is CC(O)(CO)C(=O)N1CCN(c2nc3ccccc3s2)CC1. The molecule has 2 N–H and O–H groups in total. The van der Waals surface area contributed by atoms with Crippen LogP contribution in [0.2, 0.25) is 0 Å². The molecule has 2 aromatic rings. The molecule has 0 saturated carbocycles. The van der Waals surface area contributed by atoms with Crippen LogP contribution in [0, 0.1) is 0 Å². The van der Waals surface area contributed by atoms with Gasteiger partial charge in [-0.1, -0.05) is 23.5 Å². The van der Waals surface area contributed by atoms with Crippen LogP contribution in [0.15, 0.2) is 24.3 Å². The third-order valence-electron chi connectivity index (χ3n) is 3.89. The van der Waals surface area contributed by atoms with Crippen LogP contribution in [0.5, 0.6) is 0 Å². The Morgan fingerprint density at radius 2 is 2.00 bits per heavy atom. The summed E-state index contributed by atoms with van der Waals surface area (Å²) in [4.78, 5) is 20.5. The van der Waals surface area contributed by atoms with Gasteiger partial charge in [-0.2, -0.15) is 0 Å². The second-order valence-corrected chi connectivity index (χ2v) is 6.68. The molecular formula is C15H19N3O3S. The zero-order chi connectivity index (χ0) is 15.7. The van der Waals surface area contributed by atoms with E-state index in [1.807, 2.05) is 18.2 Å². The number of aliphatic hydroxyl groups excluding tert-OH is 1. The van der Waals surface area contributed by atoms with E-state index >= 15 is 0 Å². The Balaban J connectivity index is 1.68. The summed E-state index contributed by atoms with van der Waals surface area (Å²) in [5.41, 5.74) is -0.706. The molecule has 0 spiro atoms. The fraction of sp³-hybridized carbons (Fsp3) is 0.467. The van der Waals surface area contributed by atoms with Crippen LogP contribution in [0.4, 0.5) is 5.13 Å². The lowest BCUT2D eigenvalue weighted by Gasteiger charge is -2.37. The summed E-state index contributed by atoms with van der Waals surface area (Å²) in [5, 5.41) is 19.9. The van der Waals surface area contributed by atoms with Crippen molar-refractivity contribution in [3.8, 4) is 0 Å². The Morgan fingerprint density at radius 1 is 1.32 bits per heavy atom. The largest absolute Gasteiger partial charge is 0.393 e. The van der Waals surface area contributed by atoms with E-state index in [1.165, 1.54) is 6.92 Å². The van der Waals surface area contributed by atoms with Crippen molar-refractivity contribution in [2.75, 3.05) is 37.7 Å². The van der Waals surface area contributed by atoms with Crippen molar-refractivity contribution in [1.29, 1.82) is 0 Å². The Hall–Kier alpha value is -1.70. The van der Waals surface area contributed by atoms with Crippen LogP contribution in [0.3, 0.4) is 0 Å². The molecular weight excluding hydrogens is 302 g/mol. The standard InChI is InChI=1S/C15H19N3O3S/c1-15(21,10-19)13(20)17-6-8-18(9-7-17)14-16-11-4-2-3-5-12(11)22-14/h2-5,19,21H,6-10H2,1H3. The van der Waals surface area contributed by atoms with Crippen LogP contribution in [0.25, 0.3) is 10.2 Å². The highest BCUT2D eigenvalue weighted by Gasteiger charge is 2.35. The zero-order valence-corrected chi connectivity index (χ0v) is 13.2. The van der Waals surface area contributed by atoms with Crippen molar-refractivity contribution in [2.24, 2.45) is 0 Å². The van der Waals surface area contributed by atoms with Gasteiger partial charge in [-0.25, -0.2) is 4.98 Å². The minimum atomic E-state index is -1.70. The molecule has 1 atom stereocenters. The maximum Gasteiger partial charge on any atom is 0.256 e. The van der Waals surface area contributed by atoms with Gasteiger partial charge in [0.15, 0.2) is 10.7 Å². The average Bonchev–Trinajstić information content (AvgIpc) is 2.98.